The van der Waals surface area contributed by atoms with Gasteiger partial charge in [-0.25, -0.2) is 8.42 Å². The average molecular weight is 374 g/mol. The molecular formula is C12H13F3O4S3. The van der Waals surface area contributed by atoms with Crippen LogP contribution in [-0.2, 0) is 21.5 Å². The van der Waals surface area contributed by atoms with E-state index in [1.807, 2.05) is 35.2 Å². The SMILES string of the molecule is COc1ccc(C2=[S+]CCCS2)cc1.O=S(=O)([O-])C(F)(F)F. The highest BCUT2D eigenvalue weighted by Gasteiger charge is 2.36. The topological polar surface area (TPSA) is 66.4 Å². The van der Waals surface area contributed by atoms with Gasteiger partial charge in [-0.2, -0.15) is 13.2 Å². The Labute approximate surface area is 134 Å². The number of methoxy groups -OCH3 is 1. The summed E-state index contributed by atoms with van der Waals surface area (Å²) in [5, 5.41) is 0. The summed E-state index contributed by atoms with van der Waals surface area (Å²) in [6, 6.07) is 8.33. The molecule has 0 aromatic heterocycles. The van der Waals surface area contributed by atoms with Crippen molar-refractivity contribution in [1.29, 1.82) is 0 Å². The predicted molar refractivity (Wildman–Crippen MR) is 82.2 cm³/mol. The number of hydrogen-bond donors (Lipinski definition) is 0. The second kappa shape index (κ2) is 8.14. The van der Waals surface area contributed by atoms with Crippen LogP contribution in [0.1, 0.15) is 12.0 Å². The maximum absolute atomic E-state index is 10.7. The van der Waals surface area contributed by atoms with Gasteiger partial charge in [0, 0.05) is 17.7 Å². The van der Waals surface area contributed by atoms with E-state index in [4.69, 9.17) is 17.7 Å². The number of rotatable bonds is 2. The van der Waals surface area contributed by atoms with E-state index in [0.717, 1.165) is 5.75 Å². The fourth-order valence-corrected chi connectivity index (χ4v) is 3.89. The standard InChI is InChI=1S/C11H13OS2.CHF3O3S/c1-12-10-5-3-9(4-6-10)11-13-7-2-8-14-11;2-1(3,4)8(5,6)7/h3-6H,2,7-8H2,1H3;(H,5,6,7)/q+1;/p-1. The summed E-state index contributed by atoms with van der Waals surface area (Å²) < 4.78 is 65.5. The van der Waals surface area contributed by atoms with Crippen molar-refractivity contribution in [2.24, 2.45) is 0 Å². The van der Waals surface area contributed by atoms with Gasteiger partial charge in [0.15, 0.2) is 27.2 Å². The third kappa shape index (κ3) is 6.11. The lowest BCUT2D eigenvalue weighted by molar-refractivity contribution is -0.0517. The van der Waals surface area contributed by atoms with Crippen molar-refractivity contribution in [3.05, 3.63) is 29.8 Å². The molecule has 22 heavy (non-hydrogen) atoms. The summed E-state index contributed by atoms with van der Waals surface area (Å²) in [7, 11) is -4.39. The Morgan fingerprint density at radius 2 is 1.82 bits per heavy atom. The average Bonchev–Trinajstić information content (AvgIpc) is 2.47. The smallest absolute Gasteiger partial charge is 0.485 e. The van der Waals surface area contributed by atoms with Gasteiger partial charge in [-0.05, 0) is 24.3 Å². The van der Waals surface area contributed by atoms with Crippen LogP contribution in [0.25, 0.3) is 0 Å². The molecule has 0 spiro atoms. The highest BCUT2D eigenvalue weighted by Crippen LogP contribution is 2.21. The Bertz CT molecular complexity index is 609. The highest BCUT2D eigenvalue weighted by molar-refractivity contribution is 8.23. The number of halogens is 3. The summed E-state index contributed by atoms with van der Waals surface area (Å²) in [4.78, 5) is 0. The minimum atomic E-state index is -6.09. The van der Waals surface area contributed by atoms with E-state index in [2.05, 4.69) is 12.1 Å². The Hall–Kier alpha value is -0.840. The molecule has 1 heterocycles. The second-order valence-corrected chi connectivity index (χ2v) is 7.81. The molecule has 1 aromatic rings. The van der Waals surface area contributed by atoms with Crippen LogP contribution in [0.15, 0.2) is 24.3 Å². The highest BCUT2D eigenvalue weighted by atomic mass is 32.2. The quantitative estimate of drug-likeness (QED) is 0.344. The lowest BCUT2D eigenvalue weighted by Crippen LogP contribution is -2.21. The maximum atomic E-state index is 10.7. The van der Waals surface area contributed by atoms with E-state index in [-0.39, 0.29) is 0 Å². The molecule has 2 rings (SSSR count). The summed E-state index contributed by atoms with van der Waals surface area (Å²) in [6.45, 7) is 0. The van der Waals surface area contributed by atoms with E-state index in [9.17, 15) is 13.2 Å². The van der Waals surface area contributed by atoms with Gasteiger partial charge in [-0.15, -0.1) is 0 Å². The Morgan fingerprint density at radius 3 is 2.18 bits per heavy atom. The van der Waals surface area contributed by atoms with Gasteiger partial charge in [-0.3, -0.25) is 0 Å². The molecule has 0 saturated heterocycles. The van der Waals surface area contributed by atoms with E-state index < -0.39 is 15.6 Å². The monoisotopic (exact) mass is 374 g/mol. The van der Waals surface area contributed by atoms with Gasteiger partial charge in [-0.1, -0.05) is 11.8 Å². The molecule has 0 N–H and O–H groups in total. The van der Waals surface area contributed by atoms with Gasteiger partial charge in [0.05, 0.1) is 7.11 Å². The van der Waals surface area contributed by atoms with Crippen molar-refractivity contribution in [2.75, 3.05) is 18.6 Å². The van der Waals surface area contributed by atoms with E-state index >= 15 is 0 Å². The number of hydrogen-bond acceptors (Lipinski definition) is 5. The van der Waals surface area contributed by atoms with Crippen molar-refractivity contribution in [3.63, 3.8) is 0 Å². The van der Waals surface area contributed by atoms with Crippen LogP contribution in [0.4, 0.5) is 13.2 Å². The van der Waals surface area contributed by atoms with E-state index in [1.54, 1.807) is 7.11 Å². The molecule has 0 radical (unpaired) electrons. The molecule has 0 amide bonds. The van der Waals surface area contributed by atoms with Crippen molar-refractivity contribution >= 4 is 37.4 Å². The van der Waals surface area contributed by atoms with Crippen LogP contribution in [0, 0.1) is 0 Å². The molecule has 0 fully saturated rings. The molecule has 0 unspecified atom stereocenters. The zero-order chi connectivity index (χ0) is 16.8. The van der Waals surface area contributed by atoms with Gasteiger partial charge in [0.2, 0.25) is 0 Å². The molecule has 4 nitrogen and oxygen atoms in total. The van der Waals surface area contributed by atoms with Crippen molar-refractivity contribution in [1.82, 2.24) is 0 Å². The van der Waals surface area contributed by atoms with Crippen LogP contribution in [0.5, 0.6) is 5.75 Å². The fourth-order valence-electron chi connectivity index (χ4n) is 1.32. The van der Waals surface area contributed by atoms with Crippen molar-refractivity contribution in [2.45, 2.75) is 11.9 Å². The largest absolute Gasteiger partial charge is 0.741 e. The number of alkyl halides is 3. The van der Waals surface area contributed by atoms with Gasteiger partial charge < -0.3 is 9.29 Å². The molecule has 0 aliphatic carbocycles. The van der Waals surface area contributed by atoms with Crippen LogP contribution in [-0.4, -0.2) is 41.3 Å². The lowest BCUT2D eigenvalue weighted by atomic mass is 10.2. The summed E-state index contributed by atoms with van der Waals surface area (Å²) in [6.07, 6.45) is 1.33. The molecule has 10 heteroatoms. The zero-order valence-electron chi connectivity index (χ0n) is 11.4. The molecule has 0 atom stereocenters. The van der Waals surface area contributed by atoms with Crippen LogP contribution in [0.3, 0.4) is 0 Å². The summed E-state index contributed by atoms with van der Waals surface area (Å²) in [5.74, 6) is 3.45. The Kier molecular flexibility index (Phi) is 7.10. The van der Waals surface area contributed by atoms with E-state index in [1.165, 1.54) is 27.7 Å². The number of thioether (sulfide) groups is 1. The lowest BCUT2D eigenvalue weighted by Gasteiger charge is -2.08. The first-order valence-corrected chi connectivity index (χ1v) is 9.32. The second-order valence-electron chi connectivity index (χ2n) is 3.97. The Morgan fingerprint density at radius 1 is 1.27 bits per heavy atom. The molecule has 0 bridgehead atoms. The molecule has 0 saturated carbocycles. The van der Waals surface area contributed by atoms with Crippen LogP contribution in [0.2, 0.25) is 0 Å². The predicted octanol–water partition coefficient (Wildman–Crippen LogP) is 2.44. The van der Waals surface area contributed by atoms with E-state index in [0.29, 0.717) is 0 Å². The molecule has 1 aliphatic heterocycles. The Balaban J connectivity index is 0.000000261. The van der Waals surface area contributed by atoms with Crippen LogP contribution < -0.4 is 4.74 Å². The van der Waals surface area contributed by atoms with Crippen molar-refractivity contribution in [3.8, 4) is 5.75 Å². The minimum absolute atomic E-state index is 0.931. The molecule has 1 aromatic carbocycles. The first-order valence-electron chi connectivity index (χ1n) is 5.94. The first-order chi connectivity index (χ1) is 10.1. The molecular weight excluding hydrogens is 361 g/mol. The van der Waals surface area contributed by atoms with Gasteiger partial charge in [0.25, 0.3) is 4.20 Å². The third-order valence-corrected chi connectivity index (χ3v) is 5.62. The summed E-state index contributed by atoms with van der Waals surface area (Å²) in [5.41, 5.74) is -4.31. The fraction of sp³-hybridized carbons (Fsp3) is 0.417. The maximum Gasteiger partial charge on any atom is 0.485 e. The molecule has 124 valence electrons. The van der Waals surface area contributed by atoms with Crippen molar-refractivity contribution < 1.29 is 30.9 Å². The molecule has 1 aliphatic rings. The minimum Gasteiger partial charge on any atom is -0.741 e. The summed E-state index contributed by atoms with van der Waals surface area (Å²) >= 11 is 3.94. The first kappa shape index (κ1) is 19.2. The normalized spacial score (nSPS) is 15.4. The number of ether oxygens (including phenoxy) is 1. The third-order valence-electron chi connectivity index (χ3n) is 2.36. The van der Waals surface area contributed by atoms with Gasteiger partial charge >= 0.3 is 5.51 Å². The van der Waals surface area contributed by atoms with Gasteiger partial charge in [0.1, 0.15) is 5.75 Å². The number of benzene rings is 1. The zero-order valence-corrected chi connectivity index (χ0v) is 13.9. The van der Waals surface area contributed by atoms with Crippen LogP contribution >= 0.6 is 11.8 Å².